The summed E-state index contributed by atoms with van der Waals surface area (Å²) in [5, 5.41) is 0. The van der Waals surface area contributed by atoms with Crippen LogP contribution in [0.15, 0.2) is 0 Å². The topological polar surface area (TPSA) is 21.5 Å². The minimum absolute atomic E-state index is 0. The van der Waals surface area contributed by atoms with Gasteiger partial charge in [-0.2, -0.15) is 0 Å². The van der Waals surface area contributed by atoms with Gasteiger partial charge in [0.15, 0.2) is 0 Å². The maximum Gasteiger partial charge on any atom is 0.144 e. The first-order chi connectivity index (χ1) is 5.24. The lowest BCUT2D eigenvalue weighted by Gasteiger charge is -2.27. The third kappa shape index (κ3) is 3.23. The number of halogens is 1. The molecule has 0 amide bonds. The Hall–Kier alpha value is 0.110. The molecular weight excluding hydrogens is 218 g/mol. The van der Waals surface area contributed by atoms with Crippen LogP contribution in [0.1, 0.15) is 33.1 Å². The van der Waals surface area contributed by atoms with E-state index in [0.717, 1.165) is 32.0 Å². The van der Waals surface area contributed by atoms with Gasteiger partial charge in [0.1, 0.15) is 5.78 Å². The van der Waals surface area contributed by atoms with Crippen LogP contribution in [0.2, 0.25) is 0 Å². The number of hydrogen-bond donors (Lipinski definition) is 1. The van der Waals surface area contributed by atoms with E-state index < -0.39 is 0 Å². The molecule has 1 saturated heterocycles. The Morgan fingerprint density at radius 3 is 2.33 bits per heavy atom. The Morgan fingerprint density at radius 1 is 1.42 bits per heavy atom. The molecule has 1 N–H and O–H groups in total. The summed E-state index contributed by atoms with van der Waals surface area (Å²) in [6.07, 6.45) is 2.84. The molecule has 72 valence electrons. The Kier molecular flexibility index (Phi) is 5.76. The van der Waals surface area contributed by atoms with Gasteiger partial charge in [-0.15, -0.1) is 0 Å². The number of likely N-dealkylation sites (tertiary alicyclic amines) is 1. The minimum atomic E-state index is 0. The number of nitrogens with one attached hydrogen (secondary N) is 1. The number of carbonyl (C=O) groups excluding carboxylic acids is 1. The van der Waals surface area contributed by atoms with Gasteiger partial charge in [-0.05, 0) is 13.3 Å². The predicted octanol–water partition coefficient (Wildman–Crippen LogP) is -2.96. The number of ketones is 1. The van der Waals surface area contributed by atoms with Crippen LogP contribution in [-0.4, -0.2) is 24.9 Å². The molecule has 0 aromatic heterocycles. The van der Waals surface area contributed by atoms with Crippen LogP contribution >= 0.6 is 0 Å². The summed E-state index contributed by atoms with van der Waals surface area (Å²) in [6, 6.07) is 0.739. The third-order valence-corrected chi connectivity index (χ3v) is 2.76. The van der Waals surface area contributed by atoms with Crippen molar-refractivity contribution in [2.45, 2.75) is 39.2 Å². The van der Waals surface area contributed by atoms with E-state index in [9.17, 15) is 4.79 Å². The predicted molar refractivity (Wildman–Crippen MR) is 44.7 cm³/mol. The number of quaternary nitrogens is 1. The first-order valence-electron chi connectivity index (χ1n) is 4.60. The zero-order valence-corrected chi connectivity index (χ0v) is 9.49. The van der Waals surface area contributed by atoms with Crippen LogP contribution in [0.4, 0.5) is 0 Å². The average Bonchev–Trinajstić information content (AvgIpc) is 2.05. The SMILES string of the molecule is CCC(C)[NH+]1CCC(=O)CC1.[Br-]. The van der Waals surface area contributed by atoms with Crippen molar-refractivity contribution in [3.63, 3.8) is 0 Å². The summed E-state index contributed by atoms with van der Waals surface area (Å²) in [7, 11) is 0. The Morgan fingerprint density at radius 2 is 1.92 bits per heavy atom. The largest absolute Gasteiger partial charge is 1.00 e. The van der Waals surface area contributed by atoms with Gasteiger partial charge in [-0.3, -0.25) is 4.79 Å². The molecule has 0 spiro atoms. The Bertz CT molecular complexity index is 139. The lowest BCUT2D eigenvalue weighted by Crippen LogP contribution is -3.16. The normalized spacial score (nSPS) is 21.7. The van der Waals surface area contributed by atoms with Crippen molar-refractivity contribution in [1.29, 1.82) is 0 Å². The Balaban J connectivity index is 0.00000121. The zero-order chi connectivity index (χ0) is 8.27. The monoisotopic (exact) mass is 235 g/mol. The molecule has 2 nitrogen and oxygen atoms in total. The van der Waals surface area contributed by atoms with E-state index in [2.05, 4.69) is 13.8 Å². The summed E-state index contributed by atoms with van der Waals surface area (Å²) < 4.78 is 0. The molecule has 0 aliphatic carbocycles. The van der Waals surface area contributed by atoms with Crippen LogP contribution < -0.4 is 21.9 Å². The molecule has 1 fully saturated rings. The summed E-state index contributed by atoms with van der Waals surface area (Å²) >= 11 is 0. The van der Waals surface area contributed by atoms with Crippen molar-refractivity contribution in [1.82, 2.24) is 0 Å². The van der Waals surface area contributed by atoms with Gasteiger partial charge in [0.2, 0.25) is 0 Å². The van der Waals surface area contributed by atoms with Gasteiger partial charge < -0.3 is 21.9 Å². The molecule has 0 aromatic rings. The fourth-order valence-electron chi connectivity index (χ4n) is 1.63. The van der Waals surface area contributed by atoms with Gasteiger partial charge in [0, 0.05) is 0 Å². The number of rotatable bonds is 2. The molecule has 1 aliphatic heterocycles. The van der Waals surface area contributed by atoms with Crippen molar-refractivity contribution < 1.29 is 26.7 Å². The minimum Gasteiger partial charge on any atom is -1.00 e. The zero-order valence-electron chi connectivity index (χ0n) is 7.90. The van der Waals surface area contributed by atoms with E-state index >= 15 is 0 Å². The number of carbonyl (C=O) groups is 1. The molecule has 0 radical (unpaired) electrons. The summed E-state index contributed by atoms with van der Waals surface area (Å²) in [5.41, 5.74) is 0. The fraction of sp³-hybridized carbons (Fsp3) is 0.889. The number of Topliss-reactive ketones (excluding diaryl/α,β-unsaturated/α-hetero) is 1. The van der Waals surface area contributed by atoms with E-state index in [-0.39, 0.29) is 17.0 Å². The van der Waals surface area contributed by atoms with Crippen molar-refractivity contribution in [3.05, 3.63) is 0 Å². The first kappa shape index (κ1) is 12.1. The van der Waals surface area contributed by atoms with Crippen LogP contribution in [0.25, 0.3) is 0 Å². The smallest absolute Gasteiger partial charge is 0.144 e. The molecule has 0 saturated carbocycles. The molecular formula is C9H18BrNO. The second-order valence-electron chi connectivity index (χ2n) is 3.51. The van der Waals surface area contributed by atoms with E-state index in [0.29, 0.717) is 5.78 Å². The first-order valence-corrected chi connectivity index (χ1v) is 4.60. The van der Waals surface area contributed by atoms with E-state index in [1.165, 1.54) is 6.42 Å². The van der Waals surface area contributed by atoms with Crippen LogP contribution in [0, 0.1) is 0 Å². The van der Waals surface area contributed by atoms with E-state index in [1.807, 2.05) is 0 Å². The van der Waals surface area contributed by atoms with Crippen molar-refractivity contribution >= 4 is 5.78 Å². The number of piperidine rings is 1. The lowest BCUT2D eigenvalue weighted by molar-refractivity contribution is -0.924. The van der Waals surface area contributed by atoms with E-state index in [4.69, 9.17) is 0 Å². The summed E-state index contributed by atoms with van der Waals surface area (Å²) in [4.78, 5) is 12.5. The maximum atomic E-state index is 10.9. The van der Waals surface area contributed by atoms with Gasteiger partial charge in [0.25, 0.3) is 0 Å². The van der Waals surface area contributed by atoms with Gasteiger partial charge in [-0.1, -0.05) is 6.92 Å². The molecule has 1 atom stereocenters. The van der Waals surface area contributed by atoms with Crippen molar-refractivity contribution in [2.75, 3.05) is 13.1 Å². The van der Waals surface area contributed by atoms with Gasteiger partial charge in [-0.25, -0.2) is 0 Å². The summed E-state index contributed by atoms with van der Waals surface area (Å²) in [6.45, 7) is 6.61. The van der Waals surface area contributed by atoms with E-state index in [1.54, 1.807) is 4.90 Å². The quantitative estimate of drug-likeness (QED) is 0.543. The molecule has 1 rings (SSSR count). The van der Waals surface area contributed by atoms with Crippen LogP contribution in [-0.2, 0) is 4.79 Å². The third-order valence-electron chi connectivity index (χ3n) is 2.76. The fourth-order valence-corrected chi connectivity index (χ4v) is 1.63. The highest BCUT2D eigenvalue weighted by Gasteiger charge is 2.22. The molecule has 1 aliphatic rings. The van der Waals surface area contributed by atoms with Crippen molar-refractivity contribution in [2.24, 2.45) is 0 Å². The highest BCUT2D eigenvalue weighted by atomic mass is 79.9. The summed E-state index contributed by atoms with van der Waals surface area (Å²) in [5.74, 6) is 0.456. The molecule has 0 aromatic carbocycles. The van der Waals surface area contributed by atoms with Gasteiger partial charge in [0.05, 0.1) is 32.0 Å². The molecule has 12 heavy (non-hydrogen) atoms. The molecule has 3 heteroatoms. The second kappa shape index (κ2) is 5.70. The Labute approximate surface area is 85.1 Å². The lowest BCUT2D eigenvalue weighted by atomic mass is 10.1. The number of hydrogen-bond acceptors (Lipinski definition) is 1. The average molecular weight is 236 g/mol. The molecule has 0 bridgehead atoms. The standard InChI is InChI=1S/C9H17NO.BrH/c1-3-8(2)10-6-4-9(11)5-7-10;/h8H,3-7H2,1-2H3;1H. The molecule has 1 unspecified atom stereocenters. The second-order valence-corrected chi connectivity index (χ2v) is 3.51. The van der Waals surface area contributed by atoms with Gasteiger partial charge >= 0.3 is 0 Å². The maximum absolute atomic E-state index is 10.9. The molecule has 1 heterocycles. The highest BCUT2D eigenvalue weighted by Crippen LogP contribution is 1.93. The van der Waals surface area contributed by atoms with Crippen molar-refractivity contribution in [3.8, 4) is 0 Å². The van der Waals surface area contributed by atoms with Crippen LogP contribution in [0.3, 0.4) is 0 Å². The van der Waals surface area contributed by atoms with Crippen LogP contribution in [0.5, 0.6) is 0 Å². The highest BCUT2D eigenvalue weighted by molar-refractivity contribution is 5.78.